The first kappa shape index (κ1) is 10.9. The molecule has 0 aliphatic heterocycles. The minimum atomic E-state index is -0.622. The number of ether oxygens (including phenoxy) is 1. The lowest BCUT2D eigenvalue weighted by Crippen LogP contribution is -1.99. The highest BCUT2D eigenvalue weighted by molar-refractivity contribution is 5.41. The summed E-state index contributed by atoms with van der Waals surface area (Å²) in [6.07, 6.45) is 0.787. The highest BCUT2D eigenvalue weighted by atomic mass is 16.6. The van der Waals surface area contributed by atoms with E-state index in [2.05, 4.69) is 11.3 Å². The summed E-state index contributed by atoms with van der Waals surface area (Å²) in [5.74, 6) is 0. The van der Waals surface area contributed by atoms with Crippen LogP contribution in [-0.2, 0) is 9.53 Å². The number of nitrogens with zero attached hydrogens (tertiary/aromatic N) is 1. The molecule has 0 amide bonds. The van der Waals surface area contributed by atoms with Crippen molar-refractivity contribution in [2.45, 2.75) is 6.10 Å². The van der Waals surface area contributed by atoms with Crippen LogP contribution < -0.4 is 0 Å². The summed E-state index contributed by atoms with van der Waals surface area (Å²) in [6.45, 7) is 4.78. The molecular weight excluding hydrogens is 198 g/mol. The van der Waals surface area contributed by atoms with Crippen LogP contribution in [0.2, 0.25) is 0 Å². The van der Waals surface area contributed by atoms with Crippen molar-refractivity contribution in [1.29, 1.82) is 0 Å². The van der Waals surface area contributed by atoms with Gasteiger partial charge in [0.15, 0.2) is 0 Å². The molecule has 0 aliphatic carbocycles. The van der Waals surface area contributed by atoms with Crippen molar-refractivity contribution in [3.05, 3.63) is 52.6 Å². The van der Waals surface area contributed by atoms with Crippen LogP contribution in [0.3, 0.4) is 0 Å². The average Bonchev–Trinajstić information content (AvgIpc) is 2.26. The third-order valence-corrected chi connectivity index (χ3v) is 1.82. The Hall–Kier alpha value is -2.17. The number of non-ortho nitro benzene ring substituents is 1. The molecule has 0 aliphatic rings. The Morgan fingerprint density at radius 2 is 2.07 bits per heavy atom. The van der Waals surface area contributed by atoms with E-state index in [9.17, 15) is 14.9 Å². The van der Waals surface area contributed by atoms with Crippen molar-refractivity contribution < 1.29 is 14.5 Å². The van der Waals surface area contributed by atoms with Gasteiger partial charge in [-0.2, -0.15) is 0 Å². The minimum absolute atomic E-state index is 0.0170. The normalized spacial score (nSPS) is 11.5. The molecule has 1 rings (SSSR count). The number of benzene rings is 1. The predicted octanol–water partition coefficient (Wildman–Crippen LogP) is 1.91. The van der Waals surface area contributed by atoms with Crippen LogP contribution in [0.4, 0.5) is 5.69 Å². The Morgan fingerprint density at radius 1 is 1.47 bits per heavy atom. The van der Waals surface area contributed by atoms with Gasteiger partial charge in [0, 0.05) is 12.1 Å². The Bertz CT molecular complexity index is 372. The number of nitro benzene ring substituents is 1. The molecule has 0 saturated carbocycles. The molecule has 5 nitrogen and oxygen atoms in total. The van der Waals surface area contributed by atoms with E-state index in [0.29, 0.717) is 5.56 Å². The summed E-state index contributed by atoms with van der Waals surface area (Å²) in [5.41, 5.74) is 0.593. The molecule has 1 aromatic rings. The highest BCUT2D eigenvalue weighted by Gasteiger charge is 2.10. The molecule has 5 heteroatoms. The van der Waals surface area contributed by atoms with Gasteiger partial charge in [-0.1, -0.05) is 6.58 Å². The third kappa shape index (κ3) is 2.63. The number of hydrogen-bond donors (Lipinski definition) is 0. The number of carbonyl (C=O) groups excluding carboxylic acids is 1. The molecule has 0 aromatic heterocycles. The summed E-state index contributed by atoms with van der Waals surface area (Å²) in [4.78, 5) is 19.9. The molecule has 1 atom stereocenters. The van der Waals surface area contributed by atoms with Crippen LogP contribution in [0, 0.1) is 10.1 Å². The second-order valence-electron chi connectivity index (χ2n) is 2.71. The van der Waals surface area contributed by atoms with Gasteiger partial charge in [-0.15, -0.1) is 0 Å². The largest absolute Gasteiger partial charge is 0.445 e. The maximum Gasteiger partial charge on any atom is 0.418 e. The van der Waals surface area contributed by atoms with E-state index in [1.165, 1.54) is 36.8 Å². The lowest BCUT2D eigenvalue weighted by atomic mass is 10.1. The highest BCUT2D eigenvalue weighted by Crippen LogP contribution is 2.20. The standard InChI is InChI=1S/C10H8NO4/c1-2-10(15-7-12)8-3-5-9(6-4-8)11(13)14/h2-6,10H,1H2. The topological polar surface area (TPSA) is 69.4 Å². The van der Waals surface area contributed by atoms with Crippen LogP contribution in [-0.4, -0.2) is 11.4 Å². The van der Waals surface area contributed by atoms with Gasteiger partial charge in [-0.3, -0.25) is 10.1 Å². The van der Waals surface area contributed by atoms with Crippen molar-refractivity contribution in [1.82, 2.24) is 0 Å². The van der Waals surface area contributed by atoms with Crippen molar-refractivity contribution in [3.63, 3.8) is 0 Å². The summed E-state index contributed by atoms with van der Waals surface area (Å²) >= 11 is 0. The Morgan fingerprint density at radius 3 is 2.47 bits per heavy atom. The van der Waals surface area contributed by atoms with Gasteiger partial charge < -0.3 is 4.74 Å². The maximum absolute atomic E-state index is 10.4. The van der Waals surface area contributed by atoms with Gasteiger partial charge in [0.2, 0.25) is 0 Å². The maximum atomic E-state index is 10.4. The minimum Gasteiger partial charge on any atom is -0.445 e. The van der Waals surface area contributed by atoms with E-state index >= 15 is 0 Å². The summed E-state index contributed by atoms with van der Waals surface area (Å²) in [5, 5.41) is 10.4. The zero-order chi connectivity index (χ0) is 11.3. The fourth-order valence-corrected chi connectivity index (χ4v) is 1.09. The quantitative estimate of drug-likeness (QED) is 0.419. The molecule has 0 spiro atoms. The van der Waals surface area contributed by atoms with Crippen LogP contribution in [0.15, 0.2) is 36.9 Å². The number of rotatable bonds is 5. The van der Waals surface area contributed by atoms with E-state index in [-0.39, 0.29) is 5.69 Å². The third-order valence-electron chi connectivity index (χ3n) is 1.82. The van der Waals surface area contributed by atoms with Crippen molar-refractivity contribution in [2.75, 3.05) is 0 Å². The van der Waals surface area contributed by atoms with Crippen LogP contribution in [0.5, 0.6) is 0 Å². The van der Waals surface area contributed by atoms with Crippen molar-refractivity contribution in [2.24, 2.45) is 0 Å². The SMILES string of the molecule is C=CC(O[C]=O)c1ccc([N+](=O)[O-])cc1. The van der Waals surface area contributed by atoms with Gasteiger partial charge in [0.05, 0.1) is 4.92 Å². The van der Waals surface area contributed by atoms with E-state index in [1.54, 1.807) is 0 Å². The molecule has 1 unspecified atom stereocenters. The Balaban J connectivity index is 2.91. The summed E-state index contributed by atoms with van der Waals surface area (Å²) in [7, 11) is 0. The van der Waals surface area contributed by atoms with E-state index < -0.39 is 11.0 Å². The first-order valence-corrected chi connectivity index (χ1v) is 4.08. The molecule has 15 heavy (non-hydrogen) atoms. The van der Waals surface area contributed by atoms with Crippen LogP contribution in [0.1, 0.15) is 11.7 Å². The smallest absolute Gasteiger partial charge is 0.418 e. The fourth-order valence-electron chi connectivity index (χ4n) is 1.09. The van der Waals surface area contributed by atoms with E-state index in [0.717, 1.165) is 0 Å². The van der Waals surface area contributed by atoms with Crippen LogP contribution in [0.25, 0.3) is 0 Å². The molecule has 0 saturated heterocycles. The van der Waals surface area contributed by atoms with Gasteiger partial charge in [-0.05, 0) is 23.8 Å². The summed E-state index contributed by atoms with van der Waals surface area (Å²) in [6, 6.07) is 5.67. The monoisotopic (exact) mass is 206 g/mol. The predicted molar refractivity (Wildman–Crippen MR) is 52.8 cm³/mol. The van der Waals surface area contributed by atoms with E-state index in [4.69, 9.17) is 0 Å². The molecular formula is C10H8NO4. The van der Waals surface area contributed by atoms with Gasteiger partial charge in [-0.25, -0.2) is 4.79 Å². The van der Waals surface area contributed by atoms with Gasteiger partial charge in [0.25, 0.3) is 5.69 Å². The van der Waals surface area contributed by atoms with Crippen molar-refractivity contribution in [3.8, 4) is 0 Å². The molecule has 0 heterocycles. The Kier molecular flexibility index (Phi) is 3.56. The lowest BCUT2D eigenvalue weighted by Gasteiger charge is -2.08. The van der Waals surface area contributed by atoms with Gasteiger partial charge in [0.1, 0.15) is 6.10 Å². The first-order valence-electron chi connectivity index (χ1n) is 4.08. The van der Waals surface area contributed by atoms with Crippen molar-refractivity contribution >= 4 is 12.2 Å². The lowest BCUT2D eigenvalue weighted by molar-refractivity contribution is -0.384. The van der Waals surface area contributed by atoms with E-state index in [1.807, 2.05) is 0 Å². The zero-order valence-electron chi connectivity index (χ0n) is 7.75. The summed E-state index contributed by atoms with van der Waals surface area (Å²) < 4.78 is 4.58. The zero-order valence-corrected chi connectivity index (χ0v) is 7.75. The molecule has 1 aromatic carbocycles. The van der Waals surface area contributed by atoms with Gasteiger partial charge >= 0.3 is 6.47 Å². The molecule has 1 radical (unpaired) electrons. The average molecular weight is 206 g/mol. The second kappa shape index (κ2) is 4.90. The molecule has 77 valence electrons. The van der Waals surface area contributed by atoms with Crippen LogP contribution >= 0.6 is 0 Å². The molecule has 0 N–H and O–H groups in total. The fraction of sp³-hybridized carbons (Fsp3) is 0.100. The number of nitro groups is 1. The second-order valence-corrected chi connectivity index (χ2v) is 2.71. The molecule has 0 fully saturated rings. The Labute approximate surface area is 86.1 Å². The first-order chi connectivity index (χ1) is 7.19. The molecule has 0 bridgehead atoms. The number of hydrogen-bond acceptors (Lipinski definition) is 4.